The number of carboxylic acid groups (broad SMARTS) is 1. The van der Waals surface area contributed by atoms with Gasteiger partial charge in [-0.15, -0.1) is 0 Å². The summed E-state index contributed by atoms with van der Waals surface area (Å²) in [5.41, 5.74) is 1.78. The van der Waals surface area contributed by atoms with E-state index in [2.05, 4.69) is 15.3 Å². The first-order valence-electron chi connectivity index (χ1n) is 9.84. The summed E-state index contributed by atoms with van der Waals surface area (Å²) < 4.78 is 13.3. The maximum atomic E-state index is 13.3. The Labute approximate surface area is 196 Å². The third kappa shape index (κ3) is 3.54. The molecule has 1 aromatic carbocycles. The number of thiazole rings is 1. The van der Waals surface area contributed by atoms with E-state index in [1.54, 1.807) is 6.92 Å². The van der Waals surface area contributed by atoms with Gasteiger partial charge in [-0.25, -0.2) is 14.2 Å². The zero-order chi connectivity index (χ0) is 22.7. The Morgan fingerprint density at radius 3 is 2.44 bits per heavy atom. The number of rotatable bonds is 5. The van der Waals surface area contributed by atoms with Gasteiger partial charge in [0, 0.05) is 42.2 Å². The molecule has 5 rings (SSSR count). The van der Waals surface area contributed by atoms with Crippen molar-refractivity contribution in [3.05, 3.63) is 56.4 Å². The van der Waals surface area contributed by atoms with E-state index in [0.717, 1.165) is 11.3 Å². The van der Waals surface area contributed by atoms with E-state index in [9.17, 15) is 19.1 Å². The van der Waals surface area contributed by atoms with Crippen LogP contribution >= 0.6 is 34.5 Å². The number of aromatic carboxylic acids is 1. The quantitative estimate of drug-likeness (QED) is 0.486. The smallest absolute Gasteiger partial charge is 0.348 e. The van der Waals surface area contributed by atoms with Crippen LogP contribution in [0.2, 0.25) is 10.0 Å². The van der Waals surface area contributed by atoms with Crippen LogP contribution in [0.15, 0.2) is 24.3 Å². The first-order valence-corrected chi connectivity index (χ1v) is 11.4. The van der Waals surface area contributed by atoms with Crippen LogP contribution in [0, 0.1) is 24.6 Å². The predicted molar refractivity (Wildman–Crippen MR) is 120 cm³/mol. The number of aryl methyl sites for hydroxylation is 1. The van der Waals surface area contributed by atoms with Crippen molar-refractivity contribution in [3.8, 4) is 11.3 Å². The molecule has 32 heavy (non-hydrogen) atoms. The SMILES string of the molecule is Cc1[nH]c(C(=O)N[C@H]2[C@@H]3CN(c4nc(-c5ccc(F)cc5)c(C(=O)O)s4)C[C@@H]32)c(Cl)c1Cl. The zero-order valence-electron chi connectivity index (χ0n) is 16.7. The number of nitrogens with one attached hydrogen (secondary N) is 2. The first kappa shape index (κ1) is 21.2. The molecule has 0 spiro atoms. The number of H-pyrrole nitrogens is 1. The standard InChI is InChI=1S/C21H17Cl2FN4O3S/c1-8-13(22)14(23)17(25-8)19(29)26-16-11-6-28(7-12(11)16)21-27-15(18(32-21)20(30)31)9-2-4-10(24)5-3-9/h2-5,11-12,16,25H,6-7H2,1H3,(H,26,29)(H,30,31)/t11-,12+,16+. The maximum Gasteiger partial charge on any atom is 0.348 e. The molecule has 0 bridgehead atoms. The molecule has 1 aliphatic carbocycles. The van der Waals surface area contributed by atoms with E-state index < -0.39 is 11.8 Å². The van der Waals surface area contributed by atoms with E-state index in [-0.39, 0.29) is 39.4 Å². The van der Waals surface area contributed by atoms with Crippen LogP contribution in [-0.2, 0) is 0 Å². The van der Waals surface area contributed by atoms with Gasteiger partial charge in [0.05, 0.1) is 15.7 Å². The van der Waals surface area contributed by atoms with Crippen molar-refractivity contribution in [2.24, 2.45) is 11.8 Å². The highest BCUT2D eigenvalue weighted by molar-refractivity contribution is 7.17. The van der Waals surface area contributed by atoms with Gasteiger partial charge in [0.25, 0.3) is 5.91 Å². The summed E-state index contributed by atoms with van der Waals surface area (Å²) in [5, 5.41) is 13.8. The highest BCUT2D eigenvalue weighted by atomic mass is 35.5. The molecule has 11 heteroatoms. The Bertz CT molecular complexity index is 1230. The number of nitrogens with zero attached hydrogens (tertiary/aromatic N) is 2. The van der Waals surface area contributed by atoms with Crippen molar-refractivity contribution >= 4 is 51.5 Å². The van der Waals surface area contributed by atoms with Crippen LogP contribution in [0.5, 0.6) is 0 Å². The van der Waals surface area contributed by atoms with Gasteiger partial charge < -0.3 is 20.3 Å². The van der Waals surface area contributed by atoms with Crippen molar-refractivity contribution in [3.63, 3.8) is 0 Å². The number of hydrogen-bond donors (Lipinski definition) is 3. The Morgan fingerprint density at radius 1 is 1.22 bits per heavy atom. The summed E-state index contributed by atoms with van der Waals surface area (Å²) in [5.74, 6) is -1.27. The van der Waals surface area contributed by atoms with Crippen LogP contribution in [0.25, 0.3) is 11.3 Å². The second-order valence-corrected chi connectivity index (χ2v) is 9.70. The highest BCUT2D eigenvalue weighted by Gasteiger charge is 2.57. The van der Waals surface area contributed by atoms with Gasteiger partial charge in [-0.2, -0.15) is 0 Å². The fourth-order valence-corrected chi connectivity index (χ4v) is 5.60. The number of carbonyl (C=O) groups is 2. The molecule has 3 atom stereocenters. The number of hydrogen-bond acceptors (Lipinski definition) is 5. The Kier molecular flexibility index (Phi) is 5.15. The minimum Gasteiger partial charge on any atom is -0.477 e. The van der Waals surface area contributed by atoms with E-state index >= 15 is 0 Å². The van der Waals surface area contributed by atoms with Crippen LogP contribution in [0.3, 0.4) is 0 Å². The van der Waals surface area contributed by atoms with Crippen molar-refractivity contribution in [1.82, 2.24) is 15.3 Å². The van der Waals surface area contributed by atoms with Gasteiger partial charge in [0.1, 0.15) is 16.4 Å². The van der Waals surface area contributed by atoms with Crippen LogP contribution in [-0.4, -0.2) is 46.1 Å². The molecule has 3 heterocycles. The molecule has 1 saturated heterocycles. The number of carbonyl (C=O) groups excluding carboxylic acids is 1. The summed E-state index contributed by atoms with van der Waals surface area (Å²) in [6.07, 6.45) is 0. The van der Waals surface area contributed by atoms with E-state index in [4.69, 9.17) is 23.2 Å². The Morgan fingerprint density at radius 2 is 1.88 bits per heavy atom. The molecule has 1 saturated carbocycles. The third-order valence-corrected chi connectivity index (χ3v) is 8.02. The van der Waals surface area contributed by atoms with Gasteiger partial charge >= 0.3 is 5.97 Å². The van der Waals surface area contributed by atoms with Crippen molar-refractivity contribution in [1.29, 1.82) is 0 Å². The van der Waals surface area contributed by atoms with Crippen molar-refractivity contribution in [2.75, 3.05) is 18.0 Å². The van der Waals surface area contributed by atoms with Crippen LogP contribution in [0.4, 0.5) is 9.52 Å². The van der Waals surface area contributed by atoms with E-state index in [0.29, 0.717) is 40.2 Å². The minimum absolute atomic E-state index is 0.0210. The molecule has 7 nitrogen and oxygen atoms in total. The number of carboxylic acids is 1. The number of benzene rings is 1. The maximum absolute atomic E-state index is 13.3. The lowest BCUT2D eigenvalue weighted by Crippen LogP contribution is -2.34. The molecule has 0 unspecified atom stereocenters. The predicted octanol–water partition coefficient (Wildman–Crippen LogP) is 4.46. The van der Waals surface area contributed by atoms with Crippen LogP contribution in [0.1, 0.15) is 25.9 Å². The number of fused-ring (bicyclic) bond motifs is 1. The molecule has 3 N–H and O–H groups in total. The third-order valence-electron chi connectivity index (χ3n) is 5.97. The lowest BCUT2D eigenvalue weighted by molar-refractivity contribution is 0.0702. The topological polar surface area (TPSA) is 98.3 Å². The van der Waals surface area contributed by atoms with Gasteiger partial charge in [0.15, 0.2) is 5.13 Å². The number of piperidine rings is 1. The largest absolute Gasteiger partial charge is 0.477 e. The average molecular weight is 495 g/mol. The number of amides is 1. The van der Waals surface area contributed by atoms with Crippen LogP contribution < -0.4 is 10.2 Å². The molecule has 2 fully saturated rings. The average Bonchev–Trinajstić information content (AvgIpc) is 3.16. The first-order chi connectivity index (χ1) is 15.2. The number of aromatic amines is 1. The van der Waals surface area contributed by atoms with E-state index in [1.165, 1.54) is 24.3 Å². The monoisotopic (exact) mass is 494 g/mol. The van der Waals surface area contributed by atoms with E-state index in [1.807, 2.05) is 4.90 Å². The molecule has 0 radical (unpaired) electrons. The number of aromatic nitrogens is 2. The fourth-order valence-electron chi connectivity index (χ4n) is 4.24. The minimum atomic E-state index is -1.07. The summed E-state index contributed by atoms with van der Waals surface area (Å²) in [7, 11) is 0. The van der Waals surface area contributed by atoms with Gasteiger partial charge in [0.2, 0.25) is 0 Å². The fraction of sp³-hybridized carbons (Fsp3) is 0.286. The summed E-state index contributed by atoms with van der Waals surface area (Å²) in [6.45, 7) is 3.06. The molecule has 1 aliphatic heterocycles. The number of halogens is 3. The Balaban J connectivity index is 1.28. The molecule has 2 aliphatic rings. The van der Waals surface area contributed by atoms with Gasteiger partial charge in [-0.3, -0.25) is 4.79 Å². The van der Waals surface area contributed by atoms with Crippen molar-refractivity contribution < 1.29 is 19.1 Å². The zero-order valence-corrected chi connectivity index (χ0v) is 19.0. The van der Waals surface area contributed by atoms with Gasteiger partial charge in [-0.1, -0.05) is 34.5 Å². The van der Waals surface area contributed by atoms with Crippen molar-refractivity contribution in [2.45, 2.75) is 13.0 Å². The summed E-state index contributed by atoms with van der Waals surface area (Å²) in [4.78, 5) is 33.9. The second-order valence-electron chi connectivity index (χ2n) is 7.97. The molecular formula is C21H17Cl2FN4O3S. The second kappa shape index (κ2) is 7.75. The molecule has 2 aromatic heterocycles. The molecule has 1 amide bonds. The molecule has 3 aromatic rings. The lowest BCUT2D eigenvalue weighted by Gasteiger charge is -2.19. The highest BCUT2D eigenvalue weighted by Crippen LogP contribution is 2.48. The number of anilines is 1. The summed E-state index contributed by atoms with van der Waals surface area (Å²) in [6, 6.07) is 5.63. The lowest BCUT2D eigenvalue weighted by atomic mass is 10.1. The molecular weight excluding hydrogens is 478 g/mol. The van der Waals surface area contributed by atoms with Gasteiger partial charge in [-0.05, 0) is 31.2 Å². The summed E-state index contributed by atoms with van der Waals surface area (Å²) >= 11 is 13.3. The molecule has 166 valence electrons. The Hall–Kier alpha value is -2.62. The normalized spacial score (nSPS) is 21.5.